The molecule has 114 valence electrons. The summed E-state index contributed by atoms with van der Waals surface area (Å²) in [5.74, 6) is 5.83. The molecular formula is C17H21ClO3. The first-order valence-electron chi connectivity index (χ1n) is 7.35. The molecule has 0 aliphatic carbocycles. The van der Waals surface area contributed by atoms with Gasteiger partial charge in [-0.1, -0.05) is 29.7 Å². The smallest absolute Gasteiger partial charge is 0.157 e. The molecule has 1 saturated heterocycles. The number of hydrogen-bond acceptors (Lipinski definition) is 3. The van der Waals surface area contributed by atoms with Gasteiger partial charge in [-0.15, -0.1) is 5.92 Å². The molecule has 0 amide bonds. The Bertz CT molecular complexity index is 469. The van der Waals surface area contributed by atoms with E-state index in [1.54, 1.807) is 0 Å². The number of hydrogen-bond donors (Lipinski definition) is 1. The van der Waals surface area contributed by atoms with Crippen LogP contribution in [0.25, 0.3) is 0 Å². The van der Waals surface area contributed by atoms with Gasteiger partial charge in [-0.25, -0.2) is 0 Å². The summed E-state index contributed by atoms with van der Waals surface area (Å²) in [7, 11) is 0. The van der Waals surface area contributed by atoms with Crippen molar-refractivity contribution in [2.24, 2.45) is 0 Å². The minimum Gasteiger partial charge on any atom is -0.384 e. The monoisotopic (exact) mass is 308 g/mol. The van der Waals surface area contributed by atoms with E-state index in [2.05, 4.69) is 11.8 Å². The third kappa shape index (κ3) is 5.68. The second-order valence-electron chi connectivity index (χ2n) is 5.09. The molecule has 1 heterocycles. The number of aliphatic hydroxyl groups is 1. The Morgan fingerprint density at radius 2 is 2.10 bits per heavy atom. The van der Waals surface area contributed by atoms with Gasteiger partial charge < -0.3 is 14.6 Å². The minimum atomic E-state index is -0.111. The number of ether oxygens (including phenoxy) is 2. The van der Waals surface area contributed by atoms with E-state index >= 15 is 0 Å². The van der Waals surface area contributed by atoms with Crippen LogP contribution in [0.4, 0.5) is 0 Å². The molecule has 21 heavy (non-hydrogen) atoms. The maximum atomic E-state index is 8.78. The molecule has 1 aromatic carbocycles. The van der Waals surface area contributed by atoms with Crippen molar-refractivity contribution in [3.63, 3.8) is 0 Å². The highest BCUT2D eigenvalue weighted by molar-refractivity contribution is 6.30. The Kier molecular flexibility index (Phi) is 7.05. The average Bonchev–Trinajstić information content (AvgIpc) is 2.53. The molecule has 0 aromatic heterocycles. The summed E-state index contributed by atoms with van der Waals surface area (Å²) in [5, 5.41) is 9.50. The molecule has 1 aliphatic rings. The maximum Gasteiger partial charge on any atom is 0.157 e. The first kappa shape index (κ1) is 16.3. The van der Waals surface area contributed by atoms with Gasteiger partial charge in [-0.3, -0.25) is 0 Å². The number of rotatable bonds is 5. The second kappa shape index (κ2) is 9.07. The lowest BCUT2D eigenvalue weighted by molar-refractivity contribution is -0.164. The van der Waals surface area contributed by atoms with E-state index in [4.69, 9.17) is 26.2 Å². The molecule has 1 N–H and O–H groups in total. The Hall–Kier alpha value is -1.05. The molecule has 2 unspecified atom stereocenters. The van der Waals surface area contributed by atoms with Crippen LogP contribution in [0.5, 0.6) is 0 Å². The molecule has 2 rings (SSSR count). The van der Waals surface area contributed by atoms with Gasteiger partial charge in [0.2, 0.25) is 0 Å². The molecule has 1 aliphatic heterocycles. The van der Waals surface area contributed by atoms with Crippen LogP contribution in [0.15, 0.2) is 24.3 Å². The molecule has 0 saturated carbocycles. The van der Waals surface area contributed by atoms with Crippen LogP contribution in [0.1, 0.15) is 37.2 Å². The van der Waals surface area contributed by atoms with Gasteiger partial charge in [0.1, 0.15) is 6.61 Å². The summed E-state index contributed by atoms with van der Waals surface area (Å²) in [6, 6.07) is 7.75. The predicted molar refractivity (Wildman–Crippen MR) is 83.2 cm³/mol. The predicted octanol–water partition coefficient (Wildman–Crippen LogP) is 3.35. The molecule has 4 heteroatoms. The van der Waals surface area contributed by atoms with Crippen LogP contribution >= 0.6 is 11.6 Å². The zero-order chi connectivity index (χ0) is 14.9. The van der Waals surface area contributed by atoms with E-state index in [1.165, 1.54) is 0 Å². The first-order valence-corrected chi connectivity index (χ1v) is 7.72. The Balaban J connectivity index is 1.95. The van der Waals surface area contributed by atoms with Crippen molar-refractivity contribution in [1.29, 1.82) is 0 Å². The third-order valence-electron chi connectivity index (χ3n) is 3.52. The summed E-state index contributed by atoms with van der Waals surface area (Å²) >= 11 is 5.93. The average molecular weight is 309 g/mol. The molecular weight excluding hydrogens is 288 g/mol. The minimum absolute atomic E-state index is 0.0978. The lowest BCUT2D eigenvalue weighted by Crippen LogP contribution is -2.24. The van der Waals surface area contributed by atoms with Crippen molar-refractivity contribution in [2.45, 2.75) is 37.9 Å². The van der Waals surface area contributed by atoms with Gasteiger partial charge >= 0.3 is 0 Å². The van der Waals surface area contributed by atoms with Crippen molar-refractivity contribution < 1.29 is 14.6 Å². The third-order valence-corrected chi connectivity index (χ3v) is 3.77. The van der Waals surface area contributed by atoms with Gasteiger partial charge in [-0.2, -0.15) is 0 Å². The number of benzene rings is 1. The lowest BCUT2D eigenvalue weighted by Gasteiger charge is -2.25. The van der Waals surface area contributed by atoms with Gasteiger partial charge in [-0.05, 0) is 37.0 Å². The molecule has 0 radical (unpaired) electrons. The van der Waals surface area contributed by atoms with Crippen molar-refractivity contribution >= 4 is 11.6 Å². The Morgan fingerprint density at radius 3 is 2.76 bits per heavy atom. The standard InChI is InChI=1S/C17H21ClO3/c18-16-9-7-14(8-10-16)15(5-1-3-11-19)13-21-17-6-2-4-12-20-17/h7-10,15,17,19H,2,4-6,11-13H2. The van der Waals surface area contributed by atoms with E-state index in [9.17, 15) is 0 Å². The fraction of sp³-hybridized carbons (Fsp3) is 0.529. The maximum absolute atomic E-state index is 8.78. The molecule has 0 bridgehead atoms. The summed E-state index contributed by atoms with van der Waals surface area (Å²) in [6.07, 6.45) is 3.77. The Morgan fingerprint density at radius 1 is 1.29 bits per heavy atom. The van der Waals surface area contributed by atoms with E-state index in [0.717, 1.165) is 36.5 Å². The molecule has 1 fully saturated rings. The molecule has 0 spiro atoms. The normalized spacial score (nSPS) is 19.6. The molecule has 2 atom stereocenters. The quantitative estimate of drug-likeness (QED) is 0.848. The van der Waals surface area contributed by atoms with Crippen LogP contribution in [-0.2, 0) is 9.47 Å². The van der Waals surface area contributed by atoms with Crippen molar-refractivity contribution in [3.8, 4) is 11.8 Å². The molecule has 3 nitrogen and oxygen atoms in total. The van der Waals surface area contributed by atoms with Crippen LogP contribution in [0, 0.1) is 11.8 Å². The lowest BCUT2D eigenvalue weighted by atomic mass is 9.97. The van der Waals surface area contributed by atoms with Gasteiger partial charge in [0.25, 0.3) is 0 Å². The molecule has 1 aromatic rings. The van der Waals surface area contributed by atoms with Crippen LogP contribution < -0.4 is 0 Å². The zero-order valence-electron chi connectivity index (χ0n) is 12.1. The Labute approximate surface area is 131 Å². The topological polar surface area (TPSA) is 38.7 Å². The van der Waals surface area contributed by atoms with Crippen molar-refractivity contribution in [2.75, 3.05) is 19.8 Å². The van der Waals surface area contributed by atoms with Gasteiger partial charge in [0.05, 0.1) is 6.61 Å². The van der Waals surface area contributed by atoms with E-state index in [1.807, 2.05) is 24.3 Å². The summed E-state index contributed by atoms with van der Waals surface area (Å²) < 4.78 is 11.5. The van der Waals surface area contributed by atoms with E-state index < -0.39 is 0 Å². The van der Waals surface area contributed by atoms with E-state index in [0.29, 0.717) is 13.0 Å². The second-order valence-corrected chi connectivity index (χ2v) is 5.53. The van der Waals surface area contributed by atoms with Crippen molar-refractivity contribution in [1.82, 2.24) is 0 Å². The fourth-order valence-corrected chi connectivity index (χ4v) is 2.45. The largest absolute Gasteiger partial charge is 0.384 e. The highest BCUT2D eigenvalue weighted by atomic mass is 35.5. The summed E-state index contributed by atoms with van der Waals surface area (Å²) in [5.41, 5.74) is 1.14. The van der Waals surface area contributed by atoms with Gasteiger partial charge in [0, 0.05) is 24.0 Å². The van der Waals surface area contributed by atoms with Crippen LogP contribution in [-0.4, -0.2) is 31.2 Å². The zero-order valence-corrected chi connectivity index (χ0v) is 12.8. The first-order chi connectivity index (χ1) is 10.3. The van der Waals surface area contributed by atoms with Gasteiger partial charge in [0.15, 0.2) is 6.29 Å². The van der Waals surface area contributed by atoms with E-state index in [-0.39, 0.29) is 18.8 Å². The SMILES string of the molecule is OCC#CCC(COC1CCCCO1)c1ccc(Cl)cc1. The summed E-state index contributed by atoms with van der Waals surface area (Å²) in [6.45, 7) is 1.23. The number of halogens is 1. The van der Waals surface area contributed by atoms with Crippen LogP contribution in [0.3, 0.4) is 0 Å². The highest BCUT2D eigenvalue weighted by Crippen LogP contribution is 2.24. The van der Waals surface area contributed by atoms with Crippen molar-refractivity contribution in [3.05, 3.63) is 34.9 Å². The fourth-order valence-electron chi connectivity index (χ4n) is 2.33. The van der Waals surface area contributed by atoms with Crippen LogP contribution in [0.2, 0.25) is 5.02 Å². The number of aliphatic hydroxyl groups excluding tert-OH is 1. The highest BCUT2D eigenvalue weighted by Gasteiger charge is 2.17. The summed E-state index contributed by atoms with van der Waals surface area (Å²) in [4.78, 5) is 0.